The largest absolute Gasteiger partial charge is 0.490 e. The van der Waals surface area contributed by atoms with Gasteiger partial charge in [-0.25, -0.2) is 0 Å². The topological polar surface area (TPSA) is 35.5 Å². The van der Waals surface area contributed by atoms with Crippen molar-refractivity contribution >= 4 is 29.2 Å². The number of halogens is 2. The maximum atomic E-state index is 11.8. The minimum atomic E-state index is -0.985. The molecule has 0 N–H and O–H groups in total. The molecule has 0 aliphatic heterocycles. The second kappa shape index (κ2) is 5.22. The Kier molecular flexibility index (Phi) is 3.98. The number of alkyl halides is 2. The Balaban J connectivity index is 1.74. The Hall–Kier alpha value is -0.930. The van der Waals surface area contributed by atoms with Gasteiger partial charge in [0.2, 0.25) is 0 Å². The van der Waals surface area contributed by atoms with Crippen LogP contribution in [-0.2, 0) is 9.53 Å². The van der Waals surface area contributed by atoms with Crippen LogP contribution in [0.3, 0.4) is 0 Å². The number of aryl methyl sites for hydroxylation is 1. The number of carbonyl (C=O) groups excluding carboxylic acids is 1. The zero-order chi connectivity index (χ0) is 14.1. The van der Waals surface area contributed by atoms with Crippen molar-refractivity contribution in [3.05, 3.63) is 29.8 Å². The van der Waals surface area contributed by atoms with Gasteiger partial charge in [-0.05, 0) is 25.5 Å². The summed E-state index contributed by atoms with van der Waals surface area (Å²) >= 11 is 11.8. The molecule has 1 aromatic carbocycles. The van der Waals surface area contributed by atoms with Crippen LogP contribution in [0.4, 0.5) is 0 Å². The smallest absolute Gasteiger partial charge is 0.315 e. The van der Waals surface area contributed by atoms with Gasteiger partial charge < -0.3 is 9.47 Å². The summed E-state index contributed by atoms with van der Waals surface area (Å²) < 4.78 is 9.68. The zero-order valence-electron chi connectivity index (χ0n) is 10.9. The molecule has 0 radical (unpaired) electrons. The quantitative estimate of drug-likeness (QED) is 0.474. The van der Waals surface area contributed by atoms with Crippen LogP contribution in [0.15, 0.2) is 24.3 Å². The maximum Gasteiger partial charge on any atom is 0.315 e. The van der Waals surface area contributed by atoms with E-state index < -0.39 is 9.75 Å². The molecule has 5 heteroatoms. The highest BCUT2D eigenvalue weighted by molar-refractivity contribution is 6.53. The fourth-order valence-electron chi connectivity index (χ4n) is 1.78. The number of hydrogen-bond acceptors (Lipinski definition) is 3. The van der Waals surface area contributed by atoms with Gasteiger partial charge in [-0.2, -0.15) is 0 Å². The number of para-hydroxylation sites is 1. The highest BCUT2D eigenvalue weighted by atomic mass is 35.5. The van der Waals surface area contributed by atoms with Crippen LogP contribution in [-0.4, -0.2) is 23.5 Å². The summed E-state index contributed by atoms with van der Waals surface area (Å²) in [5.41, 5.74) is 0.266. The van der Waals surface area contributed by atoms with Crippen molar-refractivity contribution < 1.29 is 14.3 Å². The Morgan fingerprint density at radius 3 is 2.53 bits per heavy atom. The second-order valence-electron chi connectivity index (χ2n) is 4.96. The van der Waals surface area contributed by atoms with Gasteiger partial charge in [-0.15, -0.1) is 23.2 Å². The SMILES string of the molecule is Cc1ccccc1OCCOC(=O)C1(C)CC1(Cl)Cl. The molecule has 0 bridgehead atoms. The first-order valence-corrected chi connectivity index (χ1v) is 6.86. The fourth-order valence-corrected chi connectivity index (χ4v) is 2.47. The fraction of sp³-hybridized carbons (Fsp3) is 0.500. The number of benzene rings is 1. The van der Waals surface area contributed by atoms with Crippen LogP contribution in [0.2, 0.25) is 0 Å². The number of hydrogen-bond donors (Lipinski definition) is 0. The lowest BCUT2D eigenvalue weighted by Crippen LogP contribution is -2.23. The molecule has 0 aromatic heterocycles. The predicted octanol–water partition coefficient (Wildman–Crippen LogP) is 3.50. The van der Waals surface area contributed by atoms with E-state index in [-0.39, 0.29) is 12.6 Å². The highest BCUT2D eigenvalue weighted by Gasteiger charge is 2.69. The van der Waals surface area contributed by atoms with Crippen molar-refractivity contribution in [3.8, 4) is 5.75 Å². The molecule has 1 aromatic rings. The third-order valence-corrected chi connectivity index (χ3v) is 4.48. The van der Waals surface area contributed by atoms with Crippen LogP contribution in [0.1, 0.15) is 18.9 Å². The van der Waals surface area contributed by atoms with Crippen molar-refractivity contribution in [3.63, 3.8) is 0 Å². The number of rotatable bonds is 5. The minimum Gasteiger partial charge on any atom is -0.490 e. The van der Waals surface area contributed by atoms with E-state index in [1.807, 2.05) is 31.2 Å². The standard InChI is InChI=1S/C14H16Cl2O3/c1-10-5-3-4-6-11(10)18-7-8-19-12(17)13(2)9-14(13,15)16/h3-6H,7-9H2,1-2H3. The van der Waals surface area contributed by atoms with Gasteiger partial charge >= 0.3 is 5.97 Å². The van der Waals surface area contributed by atoms with E-state index in [4.69, 9.17) is 32.7 Å². The number of ether oxygens (including phenoxy) is 2. The second-order valence-corrected chi connectivity index (χ2v) is 6.45. The normalized spacial score (nSPS) is 23.8. The molecule has 1 unspecified atom stereocenters. The summed E-state index contributed by atoms with van der Waals surface area (Å²) in [4.78, 5) is 11.8. The van der Waals surface area contributed by atoms with E-state index in [9.17, 15) is 4.79 Å². The van der Waals surface area contributed by atoms with Crippen LogP contribution in [0, 0.1) is 12.3 Å². The Labute approximate surface area is 122 Å². The van der Waals surface area contributed by atoms with Gasteiger partial charge in [-0.1, -0.05) is 18.2 Å². The highest BCUT2D eigenvalue weighted by Crippen LogP contribution is 2.64. The lowest BCUT2D eigenvalue weighted by atomic mass is 10.1. The van der Waals surface area contributed by atoms with Crippen molar-refractivity contribution in [2.75, 3.05) is 13.2 Å². The lowest BCUT2D eigenvalue weighted by Gasteiger charge is -2.13. The average molecular weight is 303 g/mol. The van der Waals surface area contributed by atoms with E-state index >= 15 is 0 Å². The first-order chi connectivity index (χ1) is 8.87. The van der Waals surface area contributed by atoms with Crippen molar-refractivity contribution in [1.82, 2.24) is 0 Å². The molecule has 19 heavy (non-hydrogen) atoms. The summed E-state index contributed by atoms with van der Waals surface area (Å²) in [7, 11) is 0. The molecule has 1 aliphatic rings. The molecule has 0 heterocycles. The van der Waals surface area contributed by atoms with Gasteiger partial charge in [0.05, 0.1) is 0 Å². The summed E-state index contributed by atoms with van der Waals surface area (Å²) in [6.45, 7) is 4.16. The molecule has 2 rings (SSSR count). The van der Waals surface area contributed by atoms with E-state index in [2.05, 4.69) is 0 Å². The summed E-state index contributed by atoms with van der Waals surface area (Å²) in [6, 6.07) is 7.68. The molecule has 104 valence electrons. The molecule has 1 aliphatic carbocycles. The first-order valence-electron chi connectivity index (χ1n) is 6.10. The van der Waals surface area contributed by atoms with E-state index in [0.29, 0.717) is 13.0 Å². The van der Waals surface area contributed by atoms with Gasteiger partial charge in [0, 0.05) is 6.42 Å². The molecule has 3 nitrogen and oxygen atoms in total. The molecule has 0 amide bonds. The predicted molar refractivity (Wildman–Crippen MR) is 74.8 cm³/mol. The monoisotopic (exact) mass is 302 g/mol. The molecule has 0 spiro atoms. The Bertz CT molecular complexity index is 487. The van der Waals surface area contributed by atoms with Gasteiger partial charge in [0.25, 0.3) is 0 Å². The molecular weight excluding hydrogens is 287 g/mol. The minimum absolute atomic E-state index is 0.187. The number of esters is 1. The van der Waals surface area contributed by atoms with E-state index in [1.54, 1.807) is 6.92 Å². The van der Waals surface area contributed by atoms with Gasteiger partial charge in [-0.3, -0.25) is 4.79 Å². The maximum absolute atomic E-state index is 11.8. The molecule has 1 fully saturated rings. The number of carbonyl (C=O) groups is 1. The molecular formula is C14H16Cl2O3. The van der Waals surface area contributed by atoms with Crippen LogP contribution < -0.4 is 4.74 Å². The van der Waals surface area contributed by atoms with Gasteiger partial charge in [0.1, 0.15) is 28.7 Å². The first kappa shape index (κ1) is 14.5. The molecule has 1 saturated carbocycles. The Morgan fingerprint density at radius 2 is 1.95 bits per heavy atom. The van der Waals surface area contributed by atoms with E-state index in [0.717, 1.165) is 11.3 Å². The summed E-state index contributed by atoms with van der Waals surface area (Å²) in [5.74, 6) is 0.422. The third kappa shape index (κ3) is 2.98. The van der Waals surface area contributed by atoms with Crippen LogP contribution in [0.5, 0.6) is 5.75 Å². The van der Waals surface area contributed by atoms with Gasteiger partial charge in [0.15, 0.2) is 0 Å². The zero-order valence-corrected chi connectivity index (χ0v) is 12.4. The average Bonchev–Trinajstić information content (AvgIpc) is 2.87. The van der Waals surface area contributed by atoms with E-state index in [1.165, 1.54) is 0 Å². The van der Waals surface area contributed by atoms with Crippen LogP contribution >= 0.6 is 23.2 Å². The lowest BCUT2D eigenvalue weighted by molar-refractivity contribution is -0.150. The third-order valence-electron chi connectivity index (χ3n) is 3.38. The van der Waals surface area contributed by atoms with Crippen molar-refractivity contribution in [2.45, 2.75) is 24.6 Å². The summed E-state index contributed by atoms with van der Waals surface area (Å²) in [5, 5.41) is 0. The van der Waals surface area contributed by atoms with Crippen molar-refractivity contribution in [1.29, 1.82) is 0 Å². The molecule has 1 atom stereocenters. The Morgan fingerprint density at radius 1 is 1.32 bits per heavy atom. The van der Waals surface area contributed by atoms with Crippen LogP contribution in [0.25, 0.3) is 0 Å². The van der Waals surface area contributed by atoms with Crippen molar-refractivity contribution in [2.24, 2.45) is 5.41 Å². The molecule has 0 saturated heterocycles. The summed E-state index contributed by atoms with van der Waals surface area (Å²) in [6.07, 6.45) is 0.431.